The number of hydrogen-bond donors (Lipinski definition) is 2. The molecule has 0 saturated carbocycles. The molecular weight excluding hydrogens is 214 g/mol. The van der Waals surface area contributed by atoms with Crippen molar-refractivity contribution in [1.82, 2.24) is 15.1 Å². The Balaban J connectivity index is 2.12. The number of guanidine groups is 1. The minimum absolute atomic E-state index is 0.511. The zero-order valence-electron chi connectivity index (χ0n) is 10.9. The highest BCUT2D eigenvalue weighted by molar-refractivity contribution is 5.77. The molecule has 0 unspecified atom stereocenters. The number of aliphatic imine (C=N–C) groups is 1. The Kier molecular flexibility index (Phi) is 6.65. The quantitative estimate of drug-likeness (QED) is 0.380. The van der Waals surface area contributed by atoms with Gasteiger partial charge in [-0.05, 0) is 6.54 Å². The number of nitrogens with two attached hydrogens (primary N) is 1. The maximum Gasteiger partial charge on any atom is 0.188 e. The standard InChI is InChI=1S/C12H25N5/c1-3-5-14-12(13)15-6-7-17-10-8-16(4-2)9-11-17/h3H,1,4-11H2,2H3,(H3,13,14,15). The van der Waals surface area contributed by atoms with E-state index in [0.717, 1.165) is 32.7 Å². The van der Waals surface area contributed by atoms with Crippen LogP contribution in [0.4, 0.5) is 0 Å². The first-order chi connectivity index (χ1) is 8.26. The Labute approximate surface area is 104 Å². The lowest BCUT2D eigenvalue weighted by Crippen LogP contribution is -2.46. The van der Waals surface area contributed by atoms with Crippen LogP contribution in [0.25, 0.3) is 0 Å². The molecule has 0 bridgehead atoms. The Hall–Kier alpha value is -1.07. The molecule has 0 aromatic rings. The summed E-state index contributed by atoms with van der Waals surface area (Å²) in [6.07, 6.45) is 1.77. The van der Waals surface area contributed by atoms with Gasteiger partial charge in [-0.2, -0.15) is 0 Å². The van der Waals surface area contributed by atoms with E-state index in [4.69, 9.17) is 5.73 Å². The topological polar surface area (TPSA) is 56.9 Å². The average Bonchev–Trinajstić information content (AvgIpc) is 2.37. The van der Waals surface area contributed by atoms with Crippen LogP contribution in [-0.4, -0.2) is 68.1 Å². The molecule has 0 aromatic carbocycles. The second-order valence-corrected chi connectivity index (χ2v) is 4.21. The van der Waals surface area contributed by atoms with Crippen LogP contribution >= 0.6 is 0 Å². The summed E-state index contributed by atoms with van der Waals surface area (Å²) < 4.78 is 0. The van der Waals surface area contributed by atoms with Gasteiger partial charge in [-0.1, -0.05) is 13.0 Å². The lowest BCUT2D eigenvalue weighted by Gasteiger charge is -2.33. The van der Waals surface area contributed by atoms with Crippen LogP contribution in [0.3, 0.4) is 0 Å². The number of nitrogens with one attached hydrogen (secondary N) is 1. The van der Waals surface area contributed by atoms with Gasteiger partial charge in [0.1, 0.15) is 0 Å². The summed E-state index contributed by atoms with van der Waals surface area (Å²) in [7, 11) is 0. The van der Waals surface area contributed by atoms with Crippen LogP contribution in [0.1, 0.15) is 6.92 Å². The molecule has 1 saturated heterocycles. The zero-order valence-corrected chi connectivity index (χ0v) is 10.9. The van der Waals surface area contributed by atoms with Crippen molar-refractivity contribution >= 4 is 5.96 Å². The van der Waals surface area contributed by atoms with Crippen LogP contribution in [0.15, 0.2) is 17.6 Å². The maximum atomic E-state index is 5.68. The average molecular weight is 239 g/mol. The molecule has 0 aromatic heterocycles. The number of piperazine rings is 1. The van der Waals surface area contributed by atoms with Crippen LogP contribution in [0, 0.1) is 0 Å². The zero-order chi connectivity index (χ0) is 12.5. The molecule has 1 aliphatic heterocycles. The van der Waals surface area contributed by atoms with Gasteiger partial charge >= 0.3 is 0 Å². The van der Waals surface area contributed by atoms with Crippen LogP contribution in [0.2, 0.25) is 0 Å². The van der Waals surface area contributed by atoms with Gasteiger partial charge in [-0.3, -0.25) is 9.89 Å². The first-order valence-corrected chi connectivity index (χ1v) is 6.35. The fraction of sp³-hybridized carbons (Fsp3) is 0.750. The van der Waals surface area contributed by atoms with Gasteiger partial charge in [-0.15, -0.1) is 6.58 Å². The lowest BCUT2D eigenvalue weighted by molar-refractivity contribution is 0.140. The second kappa shape index (κ2) is 8.08. The van der Waals surface area contributed by atoms with Gasteiger partial charge in [0.2, 0.25) is 0 Å². The van der Waals surface area contributed by atoms with Crippen molar-refractivity contribution in [3.8, 4) is 0 Å². The summed E-state index contributed by atoms with van der Waals surface area (Å²) in [6.45, 7) is 14.0. The summed E-state index contributed by atoms with van der Waals surface area (Å²) in [5.41, 5.74) is 5.68. The molecular formula is C12H25N5. The van der Waals surface area contributed by atoms with Crippen molar-refractivity contribution in [1.29, 1.82) is 0 Å². The van der Waals surface area contributed by atoms with Crippen molar-refractivity contribution in [2.45, 2.75) is 6.92 Å². The summed E-state index contributed by atoms with van der Waals surface area (Å²) in [4.78, 5) is 9.19. The fourth-order valence-electron chi connectivity index (χ4n) is 1.87. The minimum atomic E-state index is 0.511. The molecule has 0 atom stereocenters. The summed E-state index contributed by atoms with van der Waals surface area (Å²) in [5, 5.41) is 2.97. The number of rotatable bonds is 6. The minimum Gasteiger partial charge on any atom is -0.370 e. The van der Waals surface area contributed by atoms with Crippen LogP contribution in [0.5, 0.6) is 0 Å². The molecule has 5 nitrogen and oxygen atoms in total. The molecule has 98 valence electrons. The fourth-order valence-corrected chi connectivity index (χ4v) is 1.87. The predicted octanol–water partition coefficient (Wildman–Crippen LogP) is -0.286. The molecule has 5 heteroatoms. The van der Waals surface area contributed by atoms with Crippen molar-refractivity contribution < 1.29 is 0 Å². The highest BCUT2D eigenvalue weighted by Crippen LogP contribution is 2.00. The van der Waals surface area contributed by atoms with Gasteiger partial charge < -0.3 is 16.0 Å². The third-order valence-corrected chi connectivity index (χ3v) is 3.04. The van der Waals surface area contributed by atoms with Gasteiger partial charge in [-0.25, -0.2) is 0 Å². The van der Waals surface area contributed by atoms with E-state index in [1.54, 1.807) is 6.08 Å². The SMILES string of the molecule is C=CCNC(N)=NCCN1CCN(CC)CC1. The van der Waals surface area contributed by atoms with E-state index in [9.17, 15) is 0 Å². The highest BCUT2D eigenvalue weighted by Gasteiger charge is 2.14. The van der Waals surface area contributed by atoms with Crippen molar-refractivity contribution in [2.75, 3.05) is 52.4 Å². The van der Waals surface area contributed by atoms with E-state index in [0.29, 0.717) is 12.5 Å². The van der Waals surface area contributed by atoms with E-state index < -0.39 is 0 Å². The molecule has 3 N–H and O–H groups in total. The largest absolute Gasteiger partial charge is 0.370 e. The normalized spacial score (nSPS) is 19.2. The molecule has 0 radical (unpaired) electrons. The number of likely N-dealkylation sites (N-methyl/N-ethyl adjacent to an activating group) is 1. The first kappa shape index (κ1) is 14.0. The third kappa shape index (κ3) is 5.70. The predicted molar refractivity (Wildman–Crippen MR) is 73.2 cm³/mol. The van der Waals surface area contributed by atoms with Gasteiger partial charge in [0, 0.05) is 39.3 Å². The van der Waals surface area contributed by atoms with Crippen LogP contribution in [-0.2, 0) is 0 Å². The van der Waals surface area contributed by atoms with Crippen molar-refractivity contribution in [3.63, 3.8) is 0 Å². The van der Waals surface area contributed by atoms with E-state index in [1.165, 1.54) is 13.1 Å². The van der Waals surface area contributed by atoms with E-state index in [-0.39, 0.29) is 0 Å². The number of hydrogen-bond acceptors (Lipinski definition) is 3. The van der Waals surface area contributed by atoms with Gasteiger partial charge in [0.25, 0.3) is 0 Å². The molecule has 17 heavy (non-hydrogen) atoms. The van der Waals surface area contributed by atoms with Crippen molar-refractivity contribution in [3.05, 3.63) is 12.7 Å². The van der Waals surface area contributed by atoms with E-state index in [2.05, 4.69) is 33.6 Å². The van der Waals surface area contributed by atoms with E-state index >= 15 is 0 Å². The summed E-state index contributed by atoms with van der Waals surface area (Å²) in [5.74, 6) is 0.511. The first-order valence-electron chi connectivity index (χ1n) is 6.35. The summed E-state index contributed by atoms with van der Waals surface area (Å²) >= 11 is 0. The molecule has 0 aliphatic carbocycles. The Morgan fingerprint density at radius 3 is 2.59 bits per heavy atom. The monoisotopic (exact) mass is 239 g/mol. The molecule has 0 spiro atoms. The van der Waals surface area contributed by atoms with Gasteiger partial charge in [0.15, 0.2) is 5.96 Å². The summed E-state index contributed by atoms with van der Waals surface area (Å²) in [6, 6.07) is 0. The van der Waals surface area contributed by atoms with Crippen LogP contribution < -0.4 is 11.1 Å². The highest BCUT2D eigenvalue weighted by atomic mass is 15.3. The Bertz CT molecular complexity index is 243. The second-order valence-electron chi connectivity index (χ2n) is 4.21. The Morgan fingerprint density at radius 1 is 1.35 bits per heavy atom. The molecule has 1 aliphatic rings. The van der Waals surface area contributed by atoms with Gasteiger partial charge in [0.05, 0.1) is 6.54 Å². The smallest absolute Gasteiger partial charge is 0.188 e. The lowest BCUT2D eigenvalue weighted by atomic mass is 10.3. The van der Waals surface area contributed by atoms with E-state index in [1.807, 2.05) is 0 Å². The molecule has 1 rings (SSSR count). The molecule has 1 heterocycles. The third-order valence-electron chi connectivity index (χ3n) is 3.04. The molecule has 1 fully saturated rings. The van der Waals surface area contributed by atoms with Crippen molar-refractivity contribution in [2.24, 2.45) is 10.7 Å². The maximum absolute atomic E-state index is 5.68. The molecule has 0 amide bonds. The Morgan fingerprint density at radius 2 is 2.00 bits per heavy atom. The number of nitrogens with zero attached hydrogens (tertiary/aromatic N) is 3.